The standard InChI is InChI=1S/C11H19NO4/c1-11(2,3)16-10(14)15-9(13)8(12)6-7-4-5-7/h7-8H,4-6,12H2,1-3H3/t8-/m0/s1. The molecule has 16 heavy (non-hydrogen) atoms. The van der Waals surface area contributed by atoms with Crippen LogP contribution < -0.4 is 5.73 Å². The fraction of sp³-hybridized carbons (Fsp3) is 0.818. The van der Waals surface area contributed by atoms with Gasteiger partial charge in [-0.2, -0.15) is 0 Å². The molecule has 0 spiro atoms. The molecule has 1 atom stereocenters. The molecule has 0 unspecified atom stereocenters. The molecule has 1 aliphatic rings. The Labute approximate surface area is 95.3 Å². The van der Waals surface area contributed by atoms with Gasteiger partial charge in [0, 0.05) is 0 Å². The Morgan fingerprint density at radius 3 is 2.38 bits per heavy atom. The summed E-state index contributed by atoms with van der Waals surface area (Å²) in [5.74, 6) is -0.192. The average molecular weight is 229 g/mol. The van der Waals surface area contributed by atoms with E-state index in [1.807, 2.05) is 0 Å². The van der Waals surface area contributed by atoms with Crippen LogP contribution in [0.2, 0.25) is 0 Å². The molecule has 0 radical (unpaired) electrons. The van der Waals surface area contributed by atoms with Gasteiger partial charge in [0.1, 0.15) is 11.6 Å². The fourth-order valence-corrected chi connectivity index (χ4v) is 1.24. The number of esters is 1. The second-order valence-corrected chi connectivity index (χ2v) is 5.17. The molecule has 0 aromatic rings. The fourth-order valence-electron chi connectivity index (χ4n) is 1.24. The molecule has 0 bridgehead atoms. The van der Waals surface area contributed by atoms with Crippen molar-refractivity contribution < 1.29 is 19.1 Å². The first-order chi connectivity index (χ1) is 7.28. The van der Waals surface area contributed by atoms with Gasteiger partial charge in [0.25, 0.3) is 0 Å². The summed E-state index contributed by atoms with van der Waals surface area (Å²) in [6, 6.07) is -0.722. The monoisotopic (exact) mass is 229 g/mol. The summed E-state index contributed by atoms with van der Waals surface area (Å²) in [7, 11) is 0. The molecule has 0 aromatic heterocycles. The van der Waals surface area contributed by atoms with Crippen LogP contribution in [0.15, 0.2) is 0 Å². The first-order valence-electron chi connectivity index (χ1n) is 5.48. The van der Waals surface area contributed by atoms with Crippen LogP contribution in [0.4, 0.5) is 4.79 Å². The van der Waals surface area contributed by atoms with Gasteiger partial charge in [-0.1, -0.05) is 12.8 Å². The predicted octanol–water partition coefficient (Wildman–Crippen LogP) is 1.59. The summed E-state index contributed by atoms with van der Waals surface area (Å²) in [5, 5.41) is 0. The summed E-state index contributed by atoms with van der Waals surface area (Å²) < 4.78 is 9.33. The van der Waals surface area contributed by atoms with Crippen LogP contribution in [0, 0.1) is 5.92 Å². The zero-order valence-corrected chi connectivity index (χ0v) is 9.99. The van der Waals surface area contributed by atoms with E-state index in [0.717, 1.165) is 12.8 Å². The first kappa shape index (κ1) is 13.0. The molecule has 5 heteroatoms. The molecular formula is C11H19NO4. The van der Waals surface area contributed by atoms with Crippen LogP contribution in [0.1, 0.15) is 40.0 Å². The smallest absolute Gasteiger partial charge is 0.428 e. The predicted molar refractivity (Wildman–Crippen MR) is 57.6 cm³/mol. The summed E-state index contributed by atoms with van der Waals surface area (Å²) >= 11 is 0. The molecule has 5 nitrogen and oxygen atoms in total. The molecule has 0 aromatic carbocycles. The van der Waals surface area contributed by atoms with Gasteiger partial charge in [0.2, 0.25) is 0 Å². The zero-order valence-electron chi connectivity index (χ0n) is 9.99. The van der Waals surface area contributed by atoms with Gasteiger partial charge in [0.05, 0.1) is 0 Å². The highest BCUT2D eigenvalue weighted by Gasteiger charge is 2.29. The molecule has 1 saturated carbocycles. The Morgan fingerprint density at radius 1 is 1.38 bits per heavy atom. The molecule has 0 amide bonds. The minimum Gasteiger partial charge on any atom is -0.428 e. The lowest BCUT2D eigenvalue weighted by Gasteiger charge is -2.19. The third-order valence-corrected chi connectivity index (χ3v) is 2.16. The van der Waals surface area contributed by atoms with Gasteiger partial charge in [-0.25, -0.2) is 9.59 Å². The van der Waals surface area contributed by atoms with Gasteiger partial charge in [0.15, 0.2) is 0 Å². The summed E-state index contributed by atoms with van der Waals surface area (Å²) in [6.07, 6.45) is 1.81. The highest BCUT2D eigenvalue weighted by molar-refractivity contribution is 5.85. The van der Waals surface area contributed by atoms with Crippen molar-refractivity contribution in [3.05, 3.63) is 0 Å². The Balaban J connectivity index is 2.29. The first-order valence-corrected chi connectivity index (χ1v) is 5.48. The van der Waals surface area contributed by atoms with E-state index in [1.165, 1.54) is 0 Å². The van der Waals surface area contributed by atoms with Crippen molar-refractivity contribution in [1.82, 2.24) is 0 Å². The number of carbonyl (C=O) groups excluding carboxylic acids is 2. The van der Waals surface area contributed by atoms with Crippen LogP contribution in [-0.4, -0.2) is 23.8 Å². The van der Waals surface area contributed by atoms with Crippen LogP contribution in [-0.2, 0) is 14.3 Å². The normalized spacial score (nSPS) is 17.8. The quantitative estimate of drug-likeness (QED) is 0.587. The Hall–Kier alpha value is -1.10. The lowest BCUT2D eigenvalue weighted by molar-refractivity contribution is -0.143. The second-order valence-electron chi connectivity index (χ2n) is 5.17. The van der Waals surface area contributed by atoms with Crippen molar-refractivity contribution >= 4 is 12.1 Å². The lowest BCUT2D eigenvalue weighted by atomic mass is 10.1. The molecule has 0 heterocycles. The zero-order chi connectivity index (χ0) is 12.3. The van der Waals surface area contributed by atoms with E-state index in [-0.39, 0.29) is 0 Å². The molecular weight excluding hydrogens is 210 g/mol. The summed E-state index contributed by atoms with van der Waals surface area (Å²) in [6.45, 7) is 5.09. The Morgan fingerprint density at radius 2 is 1.94 bits per heavy atom. The van der Waals surface area contributed by atoms with Crippen LogP contribution in [0.5, 0.6) is 0 Å². The van der Waals surface area contributed by atoms with Crippen molar-refractivity contribution in [2.45, 2.75) is 51.7 Å². The maximum atomic E-state index is 11.4. The molecule has 0 saturated heterocycles. The second kappa shape index (κ2) is 4.82. The number of nitrogens with two attached hydrogens (primary N) is 1. The van der Waals surface area contributed by atoms with Gasteiger partial charge < -0.3 is 15.2 Å². The highest BCUT2D eigenvalue weighted by Crippen LogP contribution is 2.33. The van der Waals surface area contributed by atoms with E-state index >= 15 is 0 Å². The van der Waals surface area contributed by atoms with E-state index in [1.54, 1.807) is 20.8 Å². The largest absolute Gasteiger partial charge is 0.516 e. The summed E-state index contributed by atoms with van der Waals surface area (Å²) in [5.41, 5.74) is 4.92. The van der Waals surface area contributed by atoms with E-state index in [0.29, 0.717) is 12.3 Å². The minimum atomic E-state index is -0.983. The van der Waals surface area contributed by atoms with E-state index in [4.69, 9.17) is 10.5 Å². The number of ether oxygens (including phenoxy) is 2. The Kier molecular flexibility index (Phi) is 3.91. The average Bonchev–Trinajstić information content (AvgIpc) is 2.83. The van der Waals surface area contributed by atoms with Crippen molar-refractivity contribution in [2.75, 3.05) is 0 Å². The third-order valence-electron chi connectivity index (χ3n) is 2.16. The molecule has 0 aliphatic heterocycles. The minimum absolute atomic E-state index is 0.515. The van der Waals surface area contributed by atoms with Gasteiger partial charge >= 0.3 is 12.1 Å². The number of hydrogen-bond acceptors (Lipinski definition) is 5. The van der Waals surface area contributed by atoms with Crippen LogP contribution in [0.3, 0.4) is 0 Å². The number of hydrogen-bond donors (Lipinski definition) is 1. The van der Waals surface area contributed by atoms with E-state index in [9.17, 15) is 9.59 Å². The van der Waals surface area contributed by atoms with Gasteiger partial charge in [-0.15, -0.1) is 0 Å². The molecule has 1 rings (SSSR count). The SMILES string of the molecule is CC(C)(C)OC(=O)OC(=O)[C@@H](N)CC1CC1. The van der Waals surface area contributed by atoms with Crippen molar-refractivity contribution in [3.63, 3.8) is 0 Å². The Bertz CT molecular complexity index is 278. The van der Waals surface area contributed by atoms with Gasteiger partial charge in [-0.05, 0) is 33.1 Å². The van der Waals surface area contributed by atoms with Crippen molar-refractivity contribution in [1.29, 1.82) is 0 Å². The van der Waals surface area contributed by atoms with Gasteiger partial charge in [-0.3, -0.25) is 0 Å². The highest BCUT2D eigenvalue weighted by atomic mass is 16.7. The van der Waals surface area contributed by atoms with E-state index < -0.39 is 23.8 Å². The maximum absolute atomic E-state index is 11.4. The molecule has 1 aliphatic carbocycles. The molecule has 92 valence electrons. The van der Waals surface area contributed by atoms with Crippen LogP contribution in [0.25, 0.3) is 0 Å². The van der Waals surface area contributed by atoms with Crippen molar-refractivity contribution in [3.8, 4) is 0 Å². The van der Waals surface area contributed by atoms with Crippen LogP contribution >= 0.6 is 0 Å². The van der Waals surface area contributed by atoms with E-state index in [2.05, 4.69) is 4.74 Å². The van der Waals surface area contributed by atoms with Crippen molar-refractivity contribution in [2.24, 2.45) is 11.7 Å². The topological polar surface area (TPSA) is 78.6 Å². The summed E-state index contributed by atoms with van der Waals surface area (Å²) in [4.78, 5) is 22.5. The molecule has 2 N–H and O–H groups in total. The maximum Gasteiger partial charge on any atom is 0.516 e. The third kappa shape index (κ3) is 5.11. The number of rotatable bonds is 3. The number of carbonyl (C=O) groups is 2. The lowest BCUT2D eigenvalue weighted by Crippen LogP contribution is -2.36. The molecule has 1 fully saturated rings.